The van der Waals surface area contributed by atoms with E-state index >= 15 is 0 Å². The summed E-state index contributed by atoms with van der Waals surface area (Å²) in [6.45, 7) is 11.0. The van der Waals surface area contributed by atoms with Gasteiger partial charge in [0, 0.05) is 24.5 Å². The Kier molecular flexibility index (Phi) is 4.85. The Labute approximate surface area is 143 Å². The Hall–Kier alpha value is -1.95. The number of rotatable bonds is 4. The molecule has 1 aliphatic rings. The predicted molar refractivity (Wildman–Crippen MR) is 94.0 cm³/mol. The second-order valence-electron chi connectivity index (χ2n) is 7.57. The first-order chi connectivity index (χ1) is 11.4. The van der Waals surface area contributed by atoms with Gasteiger partial charge in [0.1, 0.15) is 5.76 Å². The molecule has 3 rings (SSSR count). The first-order valence-corrected chi connectivity index (χ1v) is 8.65. The Morgan fingerprint density at radius 2 is 2.12 bits per heavy atom. The summed E-state index contributed by atoms with van der Waals surface area (Å²) in [7, 11) is 0. The van der Waals surface area contributed by atoms with E-state index < -0.39 is 0 Å². The largest absolute Gasteiger partial charge is 0.444 e. The van der Waals surface area contributed by atoms with Crippen molar-refractivity contribution in [1.29, 1.82) is 0 Å². The molecule has 1 unspecified atom stereocenters. The van der Waals surface area contributed by atoms with Gasteiger partial charge in [-0.25, -0.2) is 4.98 Å². The van der Waals surface area contributed by atoms with Crippen molar-refractivity contribution in [2.75, 3.05) is 18.0 Å². The maximum absolute atomic E-state index is 5.85. The Balaban J connectivity index is 1.56. The number of aromatic nitrogens is 3. The Bertz CT molecular complexity index is 659. The normalized spacial score (nSPS) is 18.8. The lowest BCUT2D eigenvalue weighted by atomic mass is 9.94. The maximum Gasteiger partial charge on any atom is 0.208 e. The smallest absolute Gasteiger partial charge is 0.208 e. The highest BCUT2D eigenvalue weighted by atomic mass is 16.4. The van der Waals surface area contributed by atoms with Crippen molar-refractivity contribution < 1.29 is 4.42 Å². The van der Waals surface area contributed by atoms with E-state index in [1.54, 1.807) is 0 Å². The zero-order valence-electron chi connectivity index (χ0n) is 15.0. The van der Waals surface area contributed by atoms with Gasteiger partial charge in [0.05, 0.1) is 18.4 Å². The minimum atomic E-state index is -0.00298. The van der Waals surface area contributed by atoms with E-state index in [1.807, 2.05) is 19.2 Å². The van der Waals surface area contributed by atoms with Crippen molar-refractivity contribution in [3.8, 4) is 0 Å². The van der Waals surface area contributed by atoms with Crippen molar-refractivity contribution in [2.24, 2.45) is 0 Å². The summed E-state index contributed by atoms with van der Waals surface area (Å²) in [6, 6.07) is 4.47. The average Bonchev–Trinajstić information content (AvgIpc) is 3.03. The van der Waals surface area contributed by atoms with Crippen molar-refractivity contribution in [1.82, 2.24) is 20.5 Å². The second kappa shape index (κ2) is 6.89. The molecular weight excluding hydrogens is 302 g/mol. The molecule has 6 heteroatoms. The number of hydrogen-bond donors (Lipinski definition) is 1. The molecule has 3 heterocycles. The molecule has 1 saturated heterocycles. The molecule has 24 heavy (non-hydrogen) atoms. The van der Waals surface area contributed by atoms with Crippen LogP contribution in [-0.4, -0.2) is 34.3 Å². The van der Waals surface area contributed by atoms with Gasteiger partial charge in [-0.2, -0.15) is 5.10 Å². The minimum absolute atomic E-state index is 0.00298. The van der Waals surface area contributed by atoms with Crippen LogP contribution in [0.1, 0.15) is 51.0 Å². The van der Waals surface area contributed by atoms with Crippen LogP contribution in [0.5, 0.6) is 0 Å². The van der Waals surface area contributed by atoms with Gasteiger partial charge in [0.25, 0.3) is 0 Å². The van der Waals surface area contributed by atoms with E-state index in [1.165, 1.54) is 0 Å². The molecule has 2 aromatic rings. The summed E-state index contributed by atoms with van der Waals surface area (Å²) in [4.78, 5) is 6.68. The van der Waals surface area contributed by atoms with E-state index in [0.717, 1.165) is 49.1 Å². The molecule has 130 valence electrons. The first kappa shape index (κ1) is 16.9. The van der Waals surface area contributed by atoms with Gasteiger partial charge in [0.2, 0.25) is 5.89 Å². The number of nitrogens with zero attached hydrogens (tertiary/aromatic N) is 4. The van der Waals surface area contributed by atoms with Crippen LogP contribution >= 0.6 is 0 Å². The highest BCUT2D eigenvalue weighted by molar-refractivity contribution is 5.38. The SMILES string of the molecule is Cc1ccc(N2CCCC(NCc3ncc(C(C)(C)C)o3)C2)nn1. The van der Waals surface area contributed by atoms with Crippen molar-refractivity contribution in [3.63, 3.8) is 0 Å². The maximum atomic E-state index is 5.85. The predicted octanol–water partition coefficient (Wildman–Crippen LogP) is 2.83. The molecule has 6 nitrogen and oxygen atoms in total. The second-order valence-corrected chi connectivity index (χ2v) is 7.57. The molecule has 0 spiro atoms. The van der Waals surface area contributed by atoms with Gasteiger partial charge in [-0.05, 0) is 31.9 Å². The van der Waals surface area contributed by atoms with Crippen LogP contribution in [0.2, 0.25) is 0 Å². The fourth-order valence-corrected chi connectivity index (χ4v) is 2.88. The number of aryl methyl sites for hydroxylation is 1. The summed E-state index contributed by atoms with van der Waals surface area (Å²) < 4.78 is 5.85. The zero-order valence-corrected chi connectivity index (χ0v) is 15.0. The van der Waals surface area contributed by atoms with Crippen LogP contribution < -0.4 is 10.2 Å². The van der Waals surface area contributed by atoms with Crippen molar-refractivity contribution >= 4 is 5.82 Å². The number of anilines is 1. The van der Waals surface area contributed by atoms with Crippen LogP contribution in [-0.2, 0) is 12.0 Å². The van der Waals surface area contributed by atoms with E-state index in [2.05, 4.69) is 52.2 Å². The third kappa shape index (κ3) is 4.12. The first-order valence-electron chi connectivity index (χ1n) is 8.65. The van der Waals surface area contributed by atoms with Gasteiger partial charge >= 0.3 is 0 Å². The van der Waals surface area contributed by atoms with Crippen molar-refractivity contribution in [3.05, 3.63) is 35.7 Å². The van der Waals surface area contributed by atoms with Crippen LogP contribution in [0.3, 0.4) is 0 Å². The summed E-state index contributed by atoms with van der Waals surface area (Å²) in [5.74, 6) is 2.64. The van der Waals surface area contributed by atoms with Crippen LogP contribution in [0.15, 0.2) is 22.7 Å². The summed E-state index contributed by atoms with van der Waals surface area (Å²) in [6.07, 6.45) is 4.14. The summed E-state index contributed by atoms with van der Waals surface area (Å²) >= 11 is 0. The molecule has 2 aromatic heterocycles. The molecule has 0 aliphatic carbocycles. The molecular formula is C18H27N5O. The lowest BCUT2D eigenvalue weighted by molar-refractivity contribution is 0.352. The molecule has 0 saturated carbocycles. The van der Waals surface area contributed by atoms with Gasteiger partial charge < -0.3 is 14.6 Å². The average molecular weight is 329 g/mol. The number of piperidine rings is 1. The van der Waals surface area contributed by atoms with Crippen molar-refractivity contribution in [2.45, 2.75) is 58.5 Å². The van der Waals surface area contributed by atoms with Crippen LogP contribution in [0, 0.1) is 6.92 Å². The number of nitrogens with one attached hydrogen (secondary N) is 1. The fraction of sp³-hybridized carbons (Fsp3) is 0.611. The minimum Gasteiger partial charge on any atom is -0.444 e. The molecule has 1 aliphatic heterocycles. The van der Waals surface area contributed by atoms with E-state index in [4.69, 9.17) is 4.42 Å². The Morgan fingerprint density at radius 1 is 1.29 bits per heavy atom. The summed E-state index contributed by atoms with van der Waals surface area (Å²) in [5.41, 5.74) is 0.945. The zero-order chi connectivity index (χ0) is 17.2. The quantitative estimate of drug-likeness (QED) is 0.930. The topological polar surface area (TPSA) is 67.1 Å². The lowest BCUT2D eigenvalue weighted by Gasteiger charge is -2.33. The highest BCUT2D eigenvalue weighted by Gasteiger charge is 2.22. The van der Waals surface area contributed by atoms with Crippen LogP contribution in [0.25, 0.3) is 0 Å². The van der Waals surface area contributed by atoms with Crippen LogP contribution in [0.4, 0.5) is 5.82 Å². The molecule has 0 bridgehead atoms. The standard InChI is InChI=1S/C18H27N5O/c1-13-7-8-16(22-21-13)23-9-5-6-14(12-23)19-11-17-20-10-15(24-17)18(2,3)4/h7-8,10,14,19H,5-6,9,11-12H2,1-4H3. The molecule has 0 radical (unpaired) electrons. The number of oxazole rings is 1. The highest BCUT2D eigenvalue weighted by Crippen LogP contribution is 2.23. The number of hydrogen-bond acceptors (Lipinski definition) is 6. The molecule has 1 atom stereocenters. The van der Waals surface area contributed by atoms with E-state index in [0.29, 0.717) is 12.6 Å². The third-order valence-electron chi connectivity index (χ3n) is 4.36. The van der Waals surface area contributed by atoms with Gasteiger partial charge in [-0.15, -0.1) is 5.10 Å². The lowest BCUT2D eigenvalue weighted by Crippen LogP contribution is -2.45. The molecule has 0 amide bonds. The molecule has 1 fully saturated rings. The molecule has 1 N–H and O–H groups in total. The summed E-state index contributed by atoms with van der Waals surface area (Å²) in [5, 5.41) is 12.0. The monoisotopic (exact) mass is 329 g/mol. The van der Waals surface area contributed by atoms with Gasteiger partial charge in [0.15, 0.2) is 5.82 Å². The Morgan fingerprint density at radius 3 is 2.79 bits per heavy atom. The van der Waals surface area contributed by atoms with E-state index in [9.17, 15) is 0 Å². The van der Waals surface area contributed by atoms with Gasteiger partial charge in [-0.1, -0.05) is 20.8 Å². The fourth-order valence-electron chi connectivity index (χ4n) is 2.88. The third-order valence-corrected chi connectivity index (χ3v) is 4.36. The van der Waals surface area contributed by atoms with E-state index in [-0.39, 0.29) is 5.41 Å². The van der Waals surface area contributed by atoms with Gasteiger partial charge in [-0.3, -0.25) is 0 Å². The molecule has 0 aromatic carbocycles.